The SMILES string of the molecule is COc1cc2nc(N3C[C@H]4COC[C@@]4(CO)C3)cc(C)c2cc1OC. The molecule has 1 aromatic carbocycles. The van der Waals surface area contributed by atoms with E-state index < -0.39 is 0 Å². The van der Waals surface area contributed by atoms with Gasteiger partial charge in [-0.1, -0.05) is 0 Å². The molecule has 0 bridgehead atoms. The van der Waals surface area contributed by atoms with Gasteiger partial charge in [-0.05, 0) is 24.6 Å². The van der Waals surface area contributed by atoms with E-state index in [0.29, 0.717) is 30.6 Å². The Hall–Kier alpha value is -2.05. The zero-order chi connectivity index (χ0) is 17.6. The third-order valence-corrected chi connectivity index (χ3v) is 5.67. The average Bonchev–Trinajstić information content (AvgIpc) is 3.18. The van der Waals surface area contributed by atoms with Crippen molar-refractivity contribution in [3.05, 3.63) is 23.8 Å². The number of nitrogens with zero attached hydrogens (tertiary/aromatic N) is 2. The summed E-state index contributed by atoms with van der Waals surface area (Å²) in [4.78, 5) is 7.13. The van der Waals surface area contributed by atoms with E-state index in [4.69, 9.17) is 19.2 Å². The zero-order valence-corrected chi connectivity index (χ0v) is 14.9. The fraction of sp³-hybridized carbons (Fsp3) is 0.526. The minimum absolute atomic E-state index is 0.151. The van der Waals surface area contributed by atoms with E-state index in [1.165, 1.54) is 0 Å². The molecule has 2 aliphatic heterocycles. The van der Waals surface area contributed by atoms with Gasteiger partial charge < -0.3 is 24.2 Å². The van der Waals surface area contributed by atoms with Crippen LogP contribution in [0, 0.1) is 18.3 Å². The van der Waals surface area contributed by atoms with Crippen molar-refractivity contribution in [2.24, 2.45) is 11.3 Å². The van der Waals surface area contributed by atoms with Gasteiger partial charge >= 0.3 is 0 Å². The highest BCUT2D eigenvalue weighted by molar-refractivity contribution is 5.87. The summed E-state index contributed by atoms with van der Waals surface area (Å²) in [6.07, 6.45) is 0. The molecule has 0 aliphatic carbocycles. The third-order valence-electron chi connectivity index (χ3n) is 5.67. The molecule has 2 aromatic rings. The van der Waals surface area contributed by atoms with Gasteiger partial charge in [0.05, 0.1) is 39.6 Å². The number of ether oxygens (including phenoxy) is 3. The highest BCUT2D eigenvalue weighted by Gasteiger charge is 2.50. The molecule has 134 valence electrons. The lowest BCUT2D eigenvalue weighted by Crippen LogP contribution is -2.34. The molecule has 4 rings (SSSR count). The molecule has 2 saturated heterocycles. The summed E-state index contributed by atoms with van der Waals surface area (Å²) in [7, 11) is 3.27. The van der Waals surface area contributed by atoms with Gasteiger partial charge in [-0.3, -0.25) is 0 Å². The van der Waals surface area contributed by atoms with Crippen LogP contribution in [0.2, 0.25) is 0 Å². The van der Waals surface area contributed by atoms with Crippen molar-refractivity contribution >= 4 is 16.7 Å². The van der Waals surface area contributed by atoms with Gasteiger partial charge in [0.15, 0.2) is 11.5 Å². The number of aromatic nitrogens is 1. The normalized spacial score (nSPS) is 25.4. The summed E-state index contributed by atoms with van der Waals surface area (Å²) in [5.41, 5.74) is 1.88. The van der Waals surface area contributed by atoms with Crippen LogP contribution >= 0.6 is 0 Å². The number of aliphatic hydroxyl groups excluding tert-OH is 1. The highest BCUT2D eigenvalue weighted by atomic mass is 16.5. The molecule has 1 aromatic heterocycles. The van der Waals surface area contributed by atoms with Crippen molar-refractivity contribution in [1.82, 2.24) is 4.98 Å². The van der Waals surface area contributed by atoms with Crippen molar-refractivity contribution < 1.29 is 19.3 Å². The second-order valence-corrected chi connectivity index (χ2v) is 7.13. The lowest BCUT2D eigenvalue weighted by Gasteiger charge is -2.25. The number of rotatable bonds is 4. The molecule has 1 N–H and O–H groups in total. The zero-order valence-electron chi connectivity index (χ0n) is 14.9. The van der Waals surface area contributed by atoms with E-state index in [1.807, 2.05) is 12.1 Å². The fourth-order valence-electron chi connectivity index (χ4n) is 4.10. The third kappa shape index (κ3) is 2.51. The Kier molecular flexibility index (Phi) is 3.96. The second-order valence-electron chi connectivity index (χ2n) is 7.13. The summed E-state index contributed by atoms with van der Waals surface area (Å²) in [5.74, 6) is 2.69. The van der Waals surface area contributed by atoms with E-state index in [0.717, 1.165) is 35.4 Å². The average molecular weight is 344 g/mol. The second kappa shape index (κ2) is 6.04. The first-order valence-corrected chi connectivity index (χ1v) is 8.57. The summed E-state index contributed by atoms with van der Waals surface area (Å²) >= 11 is 0. The van der Waals surface area contributed by atoms with Gasteiger partial charge in [0.2, 0.25) is 0 Å². The molecule has 0 saturated carbocycles. The Balaban J connectivity index is 1.74. The highest BCUT2D eigenvalue weighted by Crippen LogP contribution is 2.43. The molecule has 2 aliphatic rings. The number of aryl methyl sites for hydroxylation is 1. The largest absolute Gasteiger partial charge is 0.493 e. The molecular weight excluding hydrogens is 320 g/mol. The van der Waals surface area contributed by atoms with Crippen molar-refractivity contribution in [1.29, 1.82) is 0 Å². The van der Waals surface area contributed by atoms with Crippen LogP contribution in [0.3, 0.4) is 0 Å². The van der Waals surface area contributed by atoms with Crippen LogP contribution in [0.15, 0.2) is 18.2 Å². The molecule has 6 heteroatoms. The van der Waals surface area contributed by atoms with Crippen molar-refractivity contribution in [2.75, 3.05) is 52.0 Å². The van der Waals surface area contributed by atoms with Crippen molar-refractivity contribution in [3.63, 3.8) is 0 Å². The van der Waals surface area contributed by atoms with Crippen LogP contribution < -0.4 is 14.4 Å². The fourth-order valence-corrected chi connectivity index (χ4v) is 4.10. The first-order chi connectivity index (χ1) is 12.1. The van der Waals surface area contributed by atoms with E-state index in [-0.39, 0.29) is 12.0 Å². The minimum Gasteiger partial charge on any atom is -0.493 e. The first-order valence-electron chi connectivity index (χ1n) is 8.57. The maximum Gasteiger partial charge on any atom is 0.162 e. The molecule has 0 amide bonds. The van der Waals surface area contributed by atoms with Crippen LogP contribution in [-0.2, 0) is 4.74 Å². The van der Waals surface area contributed by atoms with Gasteiger partial charge in [-0.2, -0.15) is 0 Å². The molecule has 0 unspecified atom stereocenters. The van der Waals surface area contributed by atoms with Gasteiger partial charge in [0, 0.05) is 35.9 Å². The number of pyridine rings is 1. The van der Waals surface area contributed by atoms with Gasteiger partial charge in [-0.25, -0.2) is 4.98 Å². The van der Waals surface area contributed by atoms with E-state index in [2.05, 4.69) is 17.9 Å². The standard InChI is InChI=1S/C19H24N2O4/c1-12-4-18(21-7-13-8-25-11-19(13,9-21)10-22)20-15-6-17(24-3)16(23-2)5-14(12)15/h4-6,13,22H,7-11H2,1-3H3/t13-,19-/m0/s1. The van der Waals surface area contributed by atoms with Gasteiger partial charge in [-0.15, -0.1) is 0 Å². The lowest BCUT2D eigenvalue weighted by atomic mass is 9.82. The number of hydrogen-bond donors (Lipinski definition) is 1. The Labute approximate surface area is 147 Å². The Morgan fingerprint density at radius 2 is 2.04 bits per heavy atom. The van der Waals surface area contributed by atoms with Crippen LogP contribution in [0.25, 0.3) is 10.9 Å². The van der Waals surface area contributed by atoms with Crippen molar-refractivity contribution in [2.45, 2.75) is 6.92 Å². The number of methoxy groups -OCH3 is 2. The molecule has 25 heavy (non-hydrogen) atoms. The van der Waals surface area contributed by atoms with Gasteiger partial charge in [0.1, 0.15) is 5.82 Å². The number of anilines is 1. The minimum atomic E-state index is -0.151. The molecule has 0 spiro atoms. The van der Waals surface area contributed by atoms with Crippen LogP contribution in [0.1, 0.15) is 5.56 Å². The summed E-state index contributed by atoms with van der Waals surface area (Å²) < 4.78 is 16.4. The number of benzene rings is 1. The predicted octanol–water partition coefficient (Wildman–Crippen LogP) is 2.01. The maximum absolute atomic E-state index is 9.89. The monoisotopic (exact) mass is 344 g/mol. The molecule has 6 nitrogen and oxygen atoms in total. The van der Waals surface area contributed by atoms with Crippen molar-refractivity contribution in [3.8, 4) is 11.5 Å². The molecule has 0 radical (unpaired) electrons. The maximum atomic E-state index is 9.89. The number of aliphatic hydroxyl groups is 1. The molecular formula is C19H24N2O4. The number of fused-ring (bicyclic) bond motifs is 2. The van der Waals surface area contributed by atoms with E-state index in [9.17, 15) is 5.11 Å². The Bertz CT molecular complexity index is 810. The van der Waals surface area contributed by atoms with Gasteiger partial charge in [0.25, 0.3) is 0 Å². The molecule has 2 fully saturated rings. The first kappa shape index (κ1) is 16.4. The lowest BCUT2D eigenvalue weighted by molar-refractivity contribution is 0.0989. The van der Waals surface area contributed by atoms with Crippen LogP contribution in [-0.4, -0.2) is 57.2 Å². The quantitative estimate of drug-likeness (QED) is 0.915. The van der Waals surface area contributed by atoms with E-state index >= 15 is 0 Å². The molecule has 2 atom stereocenters. The molecule has 3 heterocycles. The summed E-state index contributed by atoms with van der Waals surface area (Å²) in [6.45, 7) is 5.23. The predicted molar refractivity (Wildman–Crippen MR) is 95.6 cm³/mol. The Morgan fingerprint density at radius 1 is 1.28 bits per heavy atom. The summed E-state index contributed by atoms with van der Waals surface area (Å²) in [6, 6.07) is 6.01. The van der Waals surface area contributed by atoms with E-state index in [1.54, 1.807) is 14.2 Å². The topological polar surface area (TPSA) is 64.1 Å². The smallest absolute Gasteiger partial charge is 0.162 e. The Morgan fingerprint density at radius 3 is 2.72 bits per heavy atom. The summed E-state index contributed by atoms with van der Waals surface area (Å²) in [5, 5.41) is 10.9. The number of hydrogen-bond acceptors (Lipinski definition) is 6. The van der Waals surface area contributed by atoms with Crippen LogP contribution in [0.5, 0.6) is 11.5 Å². The van der Waals surface area contributed by atoms with Crippen LogP contribution in [0.4, 0.5) is 5.82 Å².